The molecule has 1 N–H and O–H groups in total. The van der Waals surface area contributed by atoms with Crippen LogP contribution in [0.2, 0.25) is 0 Å². The fourth-order valence-electron chi connectivity index (χ4n) is 7.31. The second-order valence-electron chi connectivity index (χ2n) is 11.4. The Labute approximate surface area is 235 Å². The summed E-state index contributed by atoms with van der Waals surface area (Å²) in [6.45, 7) is 0. The Bertz CT molecular complexity index is 2560. The first kappa shape index (κ1) is 21.5. The number of hydrogen-bond acceptors (Lipinski definition) is 1. The van der Waals surface area contributed by atoms with Crippen LogP contribution in [0.1, 0.15) is 11.1 Å². The Morgan fingerprint density at radius 3 is 2.22 bits per heavy atom. The summed E-state index contributed by atoms with van der Waals surface area (Å²) in [4.78, 5) is 3.73. The van der Waals surface area contributed by atoms with Crippen LogP contribution in [0.4, 0.5) is 0 Å². The molecular formula is C39H23NO. The number of hydrogen-bond donors (Lipinski definition) is 1. The van der Waals surface area contributed by atoms with Gasteiger partial charge in [-0.2, -0.15) is 0 Å². The number of para-hydroxylation sites is 1. The Balaban J connectivity index is 1.33. The van der Waals surface area contributed by atoms with Crippen LogP contribution in [0.25, 0.3) is 87.5 Å². The van der Waals surface area contributed by atoms with Crippen LogP contribution < -0.4 is 0 Å². The highest BCUT2D eigenvalue weighted by Gasteiger charge is 2.22. The predicted molar refractivity (Wildman–Crippen MR) is 172 cm³/mol. The first-order chi connectivity index (χ1) is 20.3. The molecule has 0 spiro atoms. The number of aromatic amines is 1. The maximum Gasteiger partial charge on any atom is 0.160 e. The smallest absolute Gasteiger partial charge is 0.160 e. The Morgan fingerprint density at radius 1 is 0.488 bits per heavy atom. The van der Waals surface area contributed by atoms with Gasteiger partial charge in [-0.3, -0.25) is 0 Å². The van der Waals surface area contributed by atoms with Crippen molar-refractivity contribution in [2.24, 2.45) is 0 Å². The van der Waals surface area contributed by atoms with E-state index in [0.717, 1.165) is 39.4 Å². The van der Waals surface area contributed by atoms with Gasteiger partial charge < -0.3 is 9.40 Å². The molecule has 190 valence electrons. The zero-order valence-electron chi connectivity index (χ0n) is 22.2. The molecule has 2 heterocycles. The minimum Gasteiger partial charge on any atom is -0.453 e. The van der Waals surface area contributed by atoms with Crippen LogP contribution in [0.15, 0.2) is 126 Å². The van der Waals surface area contributed by atoms with Gasteiger partial charge in [0, 0.05) is 32.4 Å². The summed E-state index contributed by atoms with van der Waals surface area (Å²) in [5.74, 6) is 0. The van der Waals surface area contributed by atoms with E-state index in [-0.39, 0.29) is 0 Å². The van der Waals surface area contributed by atoms with Gasteiger partial charge in [0.1, 0.15) is 5.58 Å². The molecule has 9 aromatic rings. The van der Waals surface area contributed by atoms with Gasteiger partial charge >= 0.3 is 0 Å². The average molecular weight is 522 g/mol. The molecule has 7 aromatic carbocycles. The van der Waals surface area contributed by atoms with Crippen LogP contribution in [0.5, 0.6) is 0 Å². The van der Waals surface area contributed by atoms with Gasteiger partial charge in [-0.25, -0.2) is 0 Å². The molecule has 0 aliphatic heterocycles. The number of fused-ring (bicyclic) bond motifs is 15. The van der Waals surface area contributed by atoms with Crippen molar-refractivity contribution < 1.29 is 4.42 Å². The highest BCUT2D eigenvalue weighted by atomic mass is 16.3. The average Bonchev–Trinajstić information content (AvgIpc) is 3.72. The molecule has 0 atom stereocenters. The highest BCUT2D eigenvalue weighted by molar-refractivity contribution is 6.35. The van der Waals surface area contributed by atoms with E-state index >= 15 is 0 Å². The summed E-state index contributed by atoms with van der Waals surface area (Å²) in [6.07, 6.45) is 1.01. The molecule has 2 aromatic heterocycles. The molecule has 0 bridgehead atoms. The van der Waals surface area contributed by atoms with Gasteiger partial charge in [0.05, 0.1) is 5.52 Å². The Hall–Kier alpha value is -5.34. The molecule has 2 heteroatoms. The van der Waals surface area contributed by atoms with Gasteiger partial charge in [-0.15, -0.1) is 0 Å². The number of furan rings is 1. The normalized spacial score (nSPS) is 12.8. The van der Waals surface area contributed by atoms with E-state index in [2.05, 4.69) is 126 Å². The molecule has 0 saturated heterocycles. The Morgan fingerprint density at radius 2 is 1.24 bits per heavy atom. The van der Waals surface area contributed by atoms with E-state index in [0.29, 0.717) is 0 Å². The van der Waals surface area contributed by atoms with Crippen LogP contribution in [-0.2, 0) is 6.42 Å². The lowest BCUT2D eigenvalue weighted by Gasteiger charge is -2.10. The minimum absolute atomic E-state index is 0.928. The molecule has 41 heavy (non-hydrogen) atoms. The lowest BCUT2D eigenvalue weighted by atomic mass is 9.93. The molecule has 0 saturated carbocycles. The van der Waals surface area contributed by atoms with Crippen molar-refractivity contribution in [2.45, 2.75) is 6.42 Å². The first-order valence-electron chi connectivity index (χ1n) is 14.2. The molecule has 1 aliphatic carbocycles. The summed E-state index contributed by atoms with van der Waals surface area (Å²) < 4.78 is 6.78. The van der Waals surface area contributed by atoms with E-state index < -0.39 is 0 Å². The maximum atomic E-state index is 6.78. The van der Waals surface area contributed by atoms with Gasteiger partial charge in [-0.05, 0) is 80.2 Å². The van der Waals surface area contributed by atoms with Gasteiger partial charge in [0.15, 0.2) is 5.58 Å². The summed E-state index contributed by atoms with van der Waals surface area (Å²) in [6, 6.07) is 44.3. The van der Waals surface area contributed by atoms with Crippen molar-refractivity contribution >= 4 is 65.3 Å². The van der Waals surface area contributed by atoms with E-state index in [4.69, 9.17) is 4.42 Å². The monoisotopic (exact) mass is 521 g/mol. The van der Waals surface area contributed by atoms with Gasteiger partial charge in [0.25, 0.3) is 0 Å². The first-order valence-corrected chi connectivity index (χ1v) is 14.2. The zero-order valence-corrected chi connectivity index (χ0v) is 22.2. The molecule has 0 radical (unpaired) electrons. The highest BCUT2D eigenvalue weighted by Crippen LogP contribution is 2.46. The lowest BCUT2D eigenvalue weighted by Crippen LogP contribution is -1.85. The number of nitrogens with one attached hydrogen (secondary N) is 1. The Kier molecular flexibility index (Phi) is 4.01. The van der Waals surface area contributed by atoms with Gasteiger partial charge in [0.2, 0.25) is 0 Å². The van der Waals surface area contributed by atoms with Crippen LogP contribution in [0.3, 0.4) is 0 Å². The number of H-pyrrole nitrogens is 1. The molecule has 10 rings (SSSR count). The fourth-order valence-corrected chi connectivity index (χ4v) is 7.31. The van der Waals surface area contributed by atoms with Crippen molar-refractivity contribution in [3.05, 3.63) is 132 Å². The standard InChI is InChI=1S/C39H23NO/c1-4-10-28-22(7-1)15-18-31-36-29-17-16-24(23-13-14-26-19-25-8-2-3-9-27(25)32(26)20-23)21-33(29)35-30-11-5-6-12-34(30)40-37(35)39(36)41-38(28)31/h1-18,20-21,40H,19H2. The van der Waals surface area contributed by atoms with Crippen molar-refractivity contribution in [3.63, 3.8) is 0 Å². The third-order valence-electron chi connectivity index (χ3n) is 9.20. The molecule has 0 unspecified atom stereocenters. The largest absolute Gasteiger partial charge is 0.453 e. The zero-order chi connectivity index (χ0) is 26.7. The predicted octanol–water partition coefficient (Wildman–Crippen LogP) is 10.8. The topological polar surface area (TPSA) is 28.9 Å². The summed E-state index contributed by atoms with van der Waals surface area (Å²) in [5, 5.41) is 9.59. The van der Waals surface area contributed by atoms with Crippen LogP contribution >= 0.6 is 0 Å². The van der Waals surface area contributed by atoms with E-state index in [1.54, 1.807) is 0 Å². The van der Waals surface area contributed by atoms with Crippen molar-refractivity contribution in [3.8, 4) is 22.3 Å². The van der Waals surface area contributed by atoms with Crippen molar-refractivity contribution in [1.29, 1.82) is 0 Å². The quantitative estimate of drug-likeness (QED) is 0.229. The molecule has 0 fully saturated rings. The minimum atomic E-state index is 0.928. The van der Waals surface area contributed by atoms with E-state index in [9.17, 15) is 0 Å². The summed E-state index contributed by atoms with van der Waals surface area (Å²) in [5.41, 5.74) is 12.1. The van der Waals surface area contributed by atoms with Crippen LogP contribution in [0, 0.1) is 0 Å². The second-order valence-corrected chi connectivity index (χ2v) is 11.4. The molecule has 2 nitrogen and oxygen atoms in total. The third-order valence-corrected chi connectivity index (χ3v) is 9.20. The molecule has 1 aliphatic rings. The van der Waals surface area contributed by atoms with Gasteiger partial charge in [-0.1, -0.05) is 97.1 Å². The number of benzene rings is 7. The summed E-state index contributed by atoms with van der Waals surface area (Å²) in [7, 11) is 0. The van der Waals surface area contributed by atoms with E-state index in [1.807, 2.05) is 0 Å². The van der Waals surface area contributed by atoms with Crippen molar-refractivity contribution in [2.75, 3.05) is 0 Å². The lowest BCUT2D eigenvalue weighted by molar-refractivity contribution is 0.676. The number of aromatic nitrogens is 1. The maximum absolute atomic E-state index is 6.78. The van der Waals surface area contributed by atoms with E-state index in [1.165, 1.54) is 65.7 Å². The SMILES string of the molecule is c1ccc2c(c1)Cc1ccc(-c3ccc4c(c3)c3c5ccccc5[nH]c3c3oc5c6ccccc6ccc5c43)cc1-2. The summed E-state index contributed by atoms with van der Waals surface area (Å²) >= 11 is 0. The molecular weight excluding hydrogens is 498 g/mol. The van der Waals surface area contributed by atoms with Crippen LogP contribution in [-0.4, -0.2) is 4.98 Å². The molecule has 0 amide bonds. The third kappa shape index (κ3) is 2.81. The number of rotatable bonds is 1. The second kappa shape index (κ2) is 7.65. The fraction of sp³-hybridized carbons (Fsp3) is 0.0256. The van der Waals surface area contributed by atoms with Crippen molar-refractivity contribution in [1.82, 2.24) is 4.98 Å².